The largest absolute Gasteiger partial charge is 0.329 e. The van der Waals surface area contributed by atoms with Gasteiger partial charge in [-0.1, -0.05) is 76.6 Å². The fourth-order valence-electron chi connectivity index (χ4n) is 4.04. The Kier molecular flexibility index (Phi) is 13.8. The number of rotatable bonds is 17. The van der Waals surface area contributed by atoms with Crippen LogP contribution in [0.1, 0.15) is 85.9 Å². The standard InChI is InChI=1S/C30H46N4O2/c1-5-7-9-11-21-31-23-33(3)29(35)27-17-13-25(14-18-27)26-15-19-28(20-16-26)30(36)34(4)24-32-22-12-10-8-6-2/h13-20,31-32H,5-12,21-24H2,1-4H3. The molecule has 198 valence electrons. The van der Waals surface area contributed by atoms with Crippen molar-refractivity contribution in [1.82, 2.24) is 20.4 Å². The topological polar surface area (TPSA) is 64.7 Å². The highest BCUT2D eigenvalue weighted by Crippen LogP contribution is 2.21. The predicted molar refractivity (Wildman–Crippen MR) is 150 cm³/mol. The van der Waals surface area contributed by atoms with Gasteiger partial charge in [-0.3, -0.25) is 20.2 Å². The molecule has 0 aliphatic carbocycles. The third-order valence-electron chi connectivity index (χ3n) is 6.40. The summed E-state index contributed by atoms with van der Waals surface area (Å²) in [7, 11) is 3.65. The fraction of sp³-hybridized carbons (Fsp3) is 0.533. The van der Waals surface area contributed by atoms with E-state index >= 15 is 0 Å². The Morgan fingerprint density at radius 2 is 0.944 bits per heavy atom. The minimum absolute atomic E-state index is 0.00515. The van der Waals surface area contributed by atoms with E-state index in [2.05, 4.69) is 24.5 Å². The first kappa shape index (κ1) is 29.5. The van der Waals surface area contributed by atoms with Crippen molar-refractivity contribution in [2.45, 2.75) is 65.2 Å². The van der Waals surface area contributed by atoms with Crippen molar-refractivity contribution in [2.24, 2.45) is 0 Å². The molecule has 0 atom stereocenters. The molecule has 0 aromatic heterocycles. The van der Waals surface area contributed by atoms with E-state index in [1.54, 1.807) is 9.80 Å². The van der Waals surface area contributed by atoms with Gasteiger partial charge in [-0.2, -0.15) is 0 Å². The molecule has 0 saturated carbocycles. The lowest BCUT2D eigenvalue weighted by Gasteiger charge is -2.18. The molecule has 6 heteroatoms. The van der Waals surface area contributed by atoms with E-state index in [9.17, 15) is 9.59 Å². The van der Waals surface area contributed by atoms with E-state index in [0.29, 0.717) is 24.5 Å². The lowest BCUT2D eigenvalue weighted by Crippen LogP contribution is -2.36. The first-order valence-corrected chi connectivity index (χ1v) is 13.6. The summed E-state index contributed by atoms with van der Waals surface area (Å²) in [5, 5.41) is 6.69. The third kappa shape index (κ3) is 10.1. The molecule has 0 fully saturated rings. The third-order valence-corrected chi connectivity index (χ3v) is 6.40. The molecule has 6 nitrogen and oxygen atoms in total. The molecule has 0 bridgehead atoms. The number of unbranched alkanes of at least 4 members (excludes halogenated alkanes) is 6. The average Bonchev–Trinajstić information content (AvgIpc) is 2.91. The number of carbonyl (C=O) groups is 2. The number of carbonyl (C=O) groups excluding carboxylic acids is 2. The van der Waals surface area contributed by atoms with E-state index in [-0.39, 0.29) is 11.8 Å². The normalized spacial score (nSPS) is 10.9. The Hall–Kier alpha value is -2.70. The summed E-state index contributed by atoms with van der Waals surface area (Å²) >= 11 is 0. The molecular weight excluding hydrogens is 448 g/mol. The molecule has 0 aliphatic rings. The molecule has 2 rings (SSSR count). The first-order chi connectivity index (χ1) is 17.5. The molecule has 0 heterocycles. The summed E-state index contributed by atoms with van der Waals surface area (Å²) in [6.07, 6.45) is 9.71. The SMILES string of the molecule is CCCCCCNCN(C)C(=O)c1ccc(-c2ccc(C(=O)N(C)CNCCCCCC)cc2)cc1. The molecule has 0 saturated heterocycles. The van der Waals surface area contributed by atoms with E-state index in [1.165, 1.54) is 38.5 Å². The molecular formula is C30H46N4O2. The second-order valence-electron chi connectivity index (χ2n) is 9.60. The van der Waals surface area contributed by atoms with Gasteiger partial charge in [0.25, 0.3) is 11.8 Å². The Morgan fingerprint density at radius 1 is 0.583 bits per heavy atom. The van der Waals surface area contributed by atoms with Crippen molar-refractivity contribution < 1.29 is 9.59 Å². The van der Waals surface area contributed by atoms with Crippen LogP contribution in [0.15, 0.2) is 48.5 Å². The average molecular weight is 495 g/mol. The molecule has 0 unspecified atom stereocenters. The second-order valence-corrected chi connectivity index (χ2v) is 9.60. The highest BCUT2D eigenvalue weighted by molar-refractivity contribution is 5.95. The van der Waals surface area contributed by atoms with E-state index < -0.39 is 0 Å². The number of hydrogen-bond acceptors (Lipinski definition) is 4. The van der Waals surface area contributed by atoms with Gasteiger partial charge >= 0.3 is 0 Å². The zero-order chi connectivity index (χ0) is 26.2. The molecule has 2 N–H and O–H groups in total. The summed E-state index contributed by atoms with van der Waals surface area (Å²) < 4.78 is 0. The Labute approximate surface area is 218 Å². The summed E-state index contributed by atoms with van der Waals surface area (Å²) in [6, 6.07) is 15.3. The molecule has 2 aromatic carbocycles. The minimum Gasteiger partial charge on any atom is -0.329 e. The van der Waals surface area contributed by atoms with E-state index in [1.807, 2.05) is 62.6 Å². The number of nitrogens with zero attached hydrogens (tertiary/aromatic N) is 2. The fourth-order valence-corrected chi connectivity index (χ4v) is 4.04. The molecule has 36 heavy (non-hydrogen) atoms. The smallest absolute Gasteiger partial charge is 0.254 e. The molecule has 0 aliphatic heterocycles. The minimum atomic E-state index is 0.00515. The zero-order valence-corrected chi connectivity index (χ0v) is 22.8. The van der Waals surface area contributed by atoms with Crippen molar-refractivity contribution in [3.63, 3.8) is 0 Å². The maximum absolute atomic E-state index is 12.7. The van der Waals surface area contributed by atoms with Crippen LogP contribution in [0.3, 0.4) is 0 Å². The van der Waals surface area contributed by atoms with Gasteiger partial charge in [0.1, 0.15) is 0 Å². The van der Waals surface area contributed by atoms with Crippen molar-refractivity contribution in [2.75, 3.05) is 40.5 Å². The summed E-state index contributed by atoms with van der Waals surface area (Å²) in [5.74, 6) is 0.0103. The van der Waals surface area contributed by atoms with Crippen molar-refractivity contribution in [3.05, 3.63) is 59.7 Å². The maximum atomic E-state index is 12.7. The monoisotopic (exact) mass is 494 g/mol. The predicted octanol–water partition coefficient (Wildman–Crippen LogP) is 5.75. The van der Waals surface area contributed by atoms with Gasteiger partial charge < -0.3 is 9.80 Å². The Morgan fingerprint density at radius 3 is 1.28 bits per heavy atom. The van der Waals surface area contributed by atoms with Crippen molar-refractivity contribution >= 4 is 11.8 Å². The van der Waals surface area contributed by atoms with Crippen LogP contribution < -0.4 is 10.6 Å². The van der Waals surface area contributed by atoms with Crippen LogP contribution in [0.5, 0.6) is 0 Å². The molecule has 0 radical (unpaired) electrons. The van der Waals surface area contributed by atoms with Crippen LogP contribution in [0.4, 0.5) is 0 Å². The van der Waals surface area contributed by atoms with Crippen LogP contribution in [0.25, 0.3) is 11.1 Å². The molecule has 2 aromatic rings. The van der Waals surface area contributed by atoms with Gasteiger partial charge in [0.05, 0.1) is 13.3 Å². The quantitative estimate of drug-likeness (QED) is 0.217. The summed E-state index contributed by atoms with van der Waals surface area (Å²) in [4.78, 5) is 28.9. The van der Waals surface area contributed by atoms with Crippen LogP contribution in [-0.2, 0) is 0 Å². The van der Waals surface area contributed by atoms with Crippen molar-refractivity contribution in [3.8, 4) is 11.1 Å². The van der Waals surface area contributed by atoms with E-state index in [0.717, 1.165) is 37.1 Å². The van der Waals surface area contributed by atoms with Crippen LogP contribution >= 0.6 is 0 Å². The van der Waals surface area contributed by atoms with Gasteiger partial charge in [-0.15, -0.1) is 0 Å². The highest BCUT2D eigenvalue weighted by atomic mass is 16.2. The van der Waals surface area contributed by atoms with Gasteiger partial charge in [-0.05, 0) is 61.3 Å². The van der Waals surface area contributed by atoms with Gasteiger partial charge in [0.2, 0.25) is 0 Å². The van der Waals surface area contributed by atoms with Gasteiger partial charge in [0.15, 0.2) is 0 Å². The lowest BCUT2D eigenvalue weighted by atomic mass is 10.0. The second kappa shape index (κ2) is 16.9. The van der Waals surface area contributed by atoms with Gasteiger partial charge in [-0.25, -0.2) is 0 Å². The number of benzene rings is 2. The first-order valence-electron chi connectivity index (χ1n) is 13.6. The summed E-state index contributed by atoms with van der Waals surface area (Å²) in [6.45, 7) is 7.36. The van der Waals surface area contributed by atoms with Crippen LogP contribution in [0.2, 0.25) is 0 Å². The van der Waals surface area contributed by atoms with Crippen LogP contribution in [-0.4, -0.2) is 62.1 Å². The Bertz CT molecular complexity index is 821. The molecule has 0 spiro atoms. The highest BCUT2D eigenvalue weighted by Gasteiger charge is 2.13. The number of nitrogens with one attached hydrogen (secondary N) is 2. The zero-order valence-electron chi connectivity index (χ0n) is 22.8. The number of amides is 2. The Balaban J connectivity index is 1.83. The number of hydrogen-bond donors (Lipinski definition) is 2. The lowest BCUT2D eigenvalue weighted by molar-refractivity contribution is 0.0776. The van der Waals surface area contributed by atoms with Crippen molar-refractivity contribution in [1.29, 1.82) is 0 Å². The molecule has 2 amide bonds. The van der Waals surface area contributed by atoms with Crippen LogP contribution in [0, 0.1) is 0 Å². The summed E-state index contributed by atoms with van der Waals surface area (Å²) in [5.41, 5.74) is 3.38. The van der Waals surface area contributed by atoms with E-state index in [4.69, 9.17) is 0 Å². The van der Waals surface area contributed by atoms with Gasteiger partial charge in [0, 0.05) is 25.2 Å². The maximum Gasteiger partial charge on any atom is 0.254 e.